The molecular weight excluding hydrogens is 327 g/mol. The number of carbonyl (C=O) groups excluding carboxylic acids is 1. The van der Waals surface area contributed by atoms with E-state index in [-0.39, 0.29) is 5.75 Å². The molecule has 0 saturated carbocycles. The Balaban J connectivity index is 2.43. The fourth-order valence-electron chi connectivity index (χ4n) is 2.37. The normalized spacial score (nSPS) is 19.4. The van der Waals surface area contributed by atoms with Crippen molar-refractivity contribution in [2.45, 2.75) is 38.9 Å². The standard InChI is InChI=1S/C17H23BO5S/c1-16(2)17(3,4)23-18(22-16)13(10-24)6-11-8-15(21-5)14(20)7-12(11)9-19/h6-9,20,24H,10H2,1-5H3. The molecule has 0 radical (unpaired) electrons. The van der Waals surface area contributed by atoms with Crippen LogP contribution in [0, 0.1) is 0 Å². The number of hydrogen-bond donors (Lipinski definition) is 2. The minimum Gasteiger partial charge on any atom is -0.504 e. The number of carbonyl (C=O) groups is 1. The first-order valence-electron chi connectivity index (χ1n) is 7.68. The first kappa shape index (κ1) is 18.9. The van der Waals surface area contributed by atoms with Gasteiger partial charge in [-0.2, -0.15) is 12.6 Å². The lowest BCUT2D eigenvalue weighted by Crippen LogP contribution is -2.41. The molecule has 0 amide bonds. The Morgan fingerprint density at radius 1 is 1.25 bits per heavy atom. The second kappa shape index (κ2) is 6.82. The van der Waals surface area contributed by atoms with Crippen molar-refractivity contribution in [1.82, 2.24) is 0 Å². The van der Waals surface area contributed by atoms with Crippen molar-refractivity contribution < 1.29 is 23.9 Å². The van der Waals surface area contributed by atoms with E-state index in [9.17, 15) is 9.90 Å². The Morgan fingerprint density at radius 2 is 1.83 bits per heavy atom. The molecule has 1 heterocycles. The molecule has 1 aliphatic heterocycles. The monoisotopic (exact) mass is 350 g/mol. The lowest BCUT2D eigenvalue weighted by atomic mass is 9.78. The van der Waals surface area contributed by atoms with Crippen LogP contribution in [0.2, 0.25) is 0 Å². The van der Waals surface area contributed by atoms with Crippen LogP contribution in [-0.2, 0) is 9.31 Å². The van der Waals surface area contributed by atoms with E-state index in [1.165, 1.54) is 13.2 Å². The summed E-state index contributed by atoms with van der Waals surface area (Å²) in [6.07, 6.45) is 2.48. The molecular formula is C17H23BO5S. The highest BCUT2D eigenvalue weighted by Crippen LogP contribution is 2.39. The molecule has 1 saturated heterocycles. The average molecular weight is 350 g/mol. The van der Waals surface area contributed by atoms with Gasteiger partial charge in [0.25, 0.3) is 0 Å². The van der Waals surface area contributed by atoms with Crippen LogP contribution >= 0.6 is 12.6 Å². The maximum atomic E-state index is 11.3. The van der Waals surface area contributed by atoms with E-state index >= 15 is 0 Å². The zero-order valence-corrected chi connectivity index (χ0v) is 15.5. The van der Waals surface area contributed by atoms with Crippen LogP contribution in [0.15, 0.2) is 17.6 Å². The molecule has 1 fully saturated rings. The van der Waals surface area contributed by atoms with Gasteiger partial charge in [-0.05, 0) is 50.9 Å². The molecule has 1 N–H and O–H groups in total. The number of benzene rings is 1. The highest BCUT2D eigenvalue weighted by Gasteiger charge is 2.52. The fourth-order valence-corrected chi connectivity index (χ4v) is 2.61. The van der Waals surface area contributed by atoms with E-state index in [0.29, 0.717) is 28.9 Å². The molecule has 24 heavy (non-hydrogen) atoms. The van der Waals surface area contributed by atoms with Gasteiger partial charge in [-0.15, -0.1) is 0 Å². The first-order valence-corrected chi connectivity index (χ1v) is 8.31. The molecule has 1 aromatic rings. The molecule has 0 unspecified atom stereocenters. The number of thiol groups is 1. The molecule has 0 spiro atoms. The molecule has 1 aromatic carbocycles. The highest BCUT2D eigenvalue weighted by atomic mass is 32.1. The molecule has 2 rings (SSSR count). The number of phenolic OH excluding ortho intramolecular Hbond substituents is 1. The van der Waals surface area contributed by atoms with Crippen LogP contribution in [-0.4, -0.2) is 42.6 Å². The summed E-state index contributed by atoms with van der Waals surface area (Å²) in [7, 11) is 0.906. The second-order valence-corrected chi connectivity index (χ2v) is 7.05. The van der Waals surface area contributed by atoms with E-state index in [2.05, 4.69) is 12.6 Å². The minimum absolute atomic E-state index is 0.0835. The lowest BCUT2D eigenvalue weighted by molar-refractivity contribution is 0.00578. The number of hydrogen-bond acceptors (Lipinski definition) is 6. The van der Waals surface area contributed by atoms with E-state index in [1.54, 1.807) is 12.1 Å². The SMILES string of the molecule is COc1cc(C=C(CS)B2OC(C)(C)C(C)(C)O2)c(C=O)cc1O. The average Bonchev–Trinajstić information content (AvgIpc) is 2.73. The Kier molecular flexibility index (Phi) is 5.37. The summed E-state index contributed by atoms with van der Waals surface area (Å²) in [6.45, 7) is 7.90. The van der Waals surface area contributed by atoms with Gasteiger partial charge in [0.2, 0.25) is 0 Å². The summed E-state index contributed by atoms with van der Waals surface area (Å²) in [6, 6.07) is 2.98. The van der Waals surface area contributed by atoms with E-state index in [4.69, 9.17) is 14.0 Å². The number of ether oxygens (including phenoxy) is 1. The molecule has 7 heteroatoms. The van der Waals surface area contributed by atoms with Gasteiger partial charge in [-0.1, -0.05) is 6.08 Å². The Morgan fingerprint density at radius 3 is 2.29 bits per heavy atom. The third-order valence-corrected chi connectivity index (χ3v) is 4.96. The van der Waals surface area contributed by atoms with Crippen LogP contribution in [0.3, 0.4) is 0 Å². The quantitative estimate of drug-likeness (QED) is 0.485. The van der Waals surface area contributed by atoms with Crippen LogP contribution in [0.4, 0.5) is 0 Å². The van der Waals surface area contributed by atoms with Crippen LogP contribution < -0.4 is 4.74 Å². The molecule has 0 aromatic heterocycles. The van der Waals surface area contributed by atoms with E-state index in [1.807, 2.05) is 27.7 Å². The van der Waals surface area contributed by atoms with Gasteiger partial charge in [0.15, 0.2) is 17.8 Å². The molecule has 0 aliphatic carbocycles. The summed E-state index contributed by atoms with van der Waals surface area (Å²) in [5.41, 5.74) is 0.829. The maximum absolute atomic E-state index is 11.3. The number of rotatable bonds is 5. The number of aldehydes is 1. The fraction of sp³-hybridized carbons (Fsp3) is 0.471. The second-order valence-electron chi connectivity index (χ2n) is 6.74. The minimum atomic E-state index is -0.549. The van der Waals surface area contributed by atoms with Crippen molar-refractivity contribution in [2.24, 2.45) is 0 Å². The van der Waals surface area contributed by atoms with Gasteiger partial charge >= 0.3 is 7.12 Å². The largest absolute Gasteiger partial charge is 0.504 e. The van der Waals surface area contributed by atoms with Crippen LogP contribution in [0.25, 0.3) is 6.08 Å². The number of methoxy groups -OCH3 is 1. The number of aromatic hydroxyl groups is 1. The van der Waals surface area contributed by atoms with Crippen LogP contribution in [0.1, 0.15) is 43.6 Å². The van der Waals surface area contributed by atoms with Crippen molar-refractivity contribution in [1.29, 1.82) is 0 Å². The van der Waals surface area contributed by atoms with Crippen molar-refractivity contribution in [2.75, 3.05) is 12.9 Å². The summed E-state index contributed by atoms with van der Waals surface area (Å²) < 4.78 is 17.2. The van der Waals surface area contributed by atoms with Crippen molar-refractivity contribution in [3.05, 3.63) is 28.7 Å². The molecule has 5 nitrogen and oxygen atoms in total. The van der Waals surface area contributed by atoms with Crippen molar-refractivity contribution in [3.8, 4) is 11.5 Å². The topological polar surface area (TPSA) is 65.0 Å². The van der Waals surface area contributed by atoms with E-state index in [0.717, 1.165) is 5.47 Å². The predicted octanol–water partition coefficient (Wildman–Crippen LogP) is 3.16. The van der Waals surface area contributed by atoms with Gasteiger partial charge in [0, 0.05) is 11.3 Å². The summed E-state index contributed by atoms with van der Waals surface area (Å²) in [4.78, 5) is 11.3. The van der Waals surface area contributed by atoms with E-state index < -0.39 is 18.3 Å². The predicted molar refractivity (Wildman–Crippen MR) is 98.0 cm³/mol. The summed E-state index contributed by atoms with van der Waals surface area (Å²) >= 11 is 4.37. The van der Waals surface area contributed by atoms with Gasteiger partial charge in [0.05, 0.1) is 18.3 Å². The highest BCUT2D eigenvalue weighted by molar-refractivity contribution is 7.80. The smallest absolute Gasteiger partial charge is 0.491 e. The first-order chi connectivity index (χ1) is 11.1. The lowest BCUT2D eigenvalue weighted by Gasteiger charge is -2.32. The zero-order chi connectivity index (χ0) is 18.1. The summed E-state index contributed by atoms with van der Waals surface area (Å²) in [5, 5.41) is 9.82. The van der Waals surface area contributed by atoms with Gasteiger partial charge in [-0.25, -0.2) is 0 Å². The van der Waals surface area contributed by atoms with Gasteiger partial charge < -0.3 is 19.2 Å². The van der Waals surface area contributed by atoms with Gasteiger partial charge in [0.1, 0.15) is 0 Å². The third kappa shape index (κ3) is 3.48. The molecule has 1 aliphatic rings. The summed E-state index contributed by atoms with van der Waals surface area (Å²) in [5.74, 6) is 0.609. The molecule has 130 valence electrons. The van der Waals surface area contributed by atoms with Gasteiger partial charge in [-0.3, -0.25) is 4.79 Å². The van der Waals surface area contributed by atoms with Crippen molar-refractivity contribution >= 4 is 32.1 Å². The third-order valence-electron chi connectivity index (χ3n) is 4.59. The zero-order valence-electron chi connectivity index (χ0n) is 14.6. The number of phenols is 1. The Labute approximate surface area is 148 Å². The Hall–Kier alpha value is -1.44. The molecule has 0 bridgehead atoms. The van der Waals surface area contributed by atoms with Crippen molar-refractivity contribution in [3.63, 3.8) is 0 Å². The maximum Gasteiger partial charge on any atom is 0.491 e. The van der Waals surface area contributed by atoms with Crippen LogP contribution in [0.5, 0.6) is 11.5 Å². The molecule has 0 atom stereocenters. The Bertz CT molecular complexity index is 653.